The quantitative estimate of drug-likeness (QED) is 0.233. The Balaban J connectivity index is 1.37. The van der Waals surface area contributed by atoms with E-state index in [9.17, 15) is 9.18 Å². The van der Waals surface area contributed by atoms with Gasteiger partial charge in [0.25, 0.3) is 0 Å². The topological polar surface area (TPSA) is 125 Å². The van der Waals surface area contributed by atoms with E-state index in [1.165, 1.54) is 12.1 Å². The van der Waals surface area contributed by atoms with E-state index in [-0.39, 0.29) is 17.1 Å². The van der Waals surface area contributed by atoms with E-state index in [1.807, 2.05) is 45.9 Å². The number of pyridine rings is 3. The summed E-state index contributed by atoms with van der Waals surface area (Å²) in [6, 6.07) is 8.63. The monoisotopic (exact) mass is 534 g/mol. The van der Waals surface area contributed by atoms with Crippen molar-refractivity contribution < 1.29 is 9.18 Å². The molecule has 5 aromatic heterocycles. The number of nitrogens with one attached hydrogen (secondary N) is 3. The van der Waals surface area contributed by atoms with Crippen LogP contribution in [0.2, 0.25) is 0 Å². The number of aromatic nitrogens is 7. The Bertz CT molecular complexity index is 1880. The molecule has 3 N–H and O–H groups in total. The lowest BCUT2D eigenvalue weighted by Gasteiger charge is -2.17. The van der Waals surface area contributed by atoms with E-state index in [0.717, 1.165) is 27.6 Å². The number of hydrogen-bond donors (Lipinski definition) is 3. The van der Waals surface area contributed by atoms with Gasteiger partial charge in [0.15, 0.2) is 5.82 Å². The van der Waals surface area contributed by atoms with Gasteiger partial charge in [0, 0.05) is 35.3 Å². The van der Waals surface area contributed by atoms with Crippen molar-refractivity contribution in [1.82, 2.24) is 35.1 Å². The van der Waals surface area contributed by atoms with Crippen LogP contribution in [0.5, 0.6) is 0 Å². The highest BCUT2D eigenvalue weighted by Gasteiger charge is 2.18. The van der Waals surface area contributed by atoms with Crippen LogP contribution in [0.1, 0.15) is 32.8 Å². The Morgan fingerprint density at radius 3 is 2.58 bits per heavy atom. The second-order valence-electron chi connectivity index (χ2n) is 11.1. The van der Waals surface area contributed by atoms with Crippen molar-refractivity contribution >= 4 is 33.5 Å². The minimum absolute atomic E-state index is 0.0703. The van der Waals surface area contributed by atoms with Gasteiger partial charge in [0.05, 0.1) is 46.5 Å². The fourth-order valence-corrected chi connectivity index (χ4v) is 4.74. The second-order valence-corrected chi connectivity index (χ2v) is 11.1. The summed E-state index contributed by atoms with van der Waals surface area (Å²) in [5.74, 6) is 0.162. The van der Waals surface area contributed by atoms with Gasteiger partial charge in [-0.15, -0.1) is 0 Å². The number of rotatable bonds is 5. The van der Waals surface area contributed by atoms with E-state index in [2.05, 4.69) is 35.5 Å². The fourth-order valence-electron chi connectivity index (χ4n) is 4.74. The van der Waals surface area contributed by atoms with Crippen LogP contribution in [-0.2, 0) is 4.79 Å². The van der Waals surface area contributed by atoms with Crippen molar-refractivity contribution in [2.45, 2.75) is 34.1 Å². The number of nitrogens with zero attached hydrogens (tertiary/aromatic N) is 5. The van der Waals surface area contributed by atoms with Crippen molar-refractivity contribution in [2.24, 2.45) is 5.41 Å². The predicted octanol–water partition coefficient (Wildman–Crippen LogP) is 6.45. The molecule has 40 heavy (non-hydrogen) atoms. The lowest BCUT2D eigenvalue weighted by atomic mass is 9.92. The number of benzene rings is 1. The zero-order chi connectivity index (χ0) is 28.0. The summed E-state index contributed by atoms with van der Waals surface area (Å²) >= 11 is 0. The maximum absolute atomic E-state index is 14.2. The summed E-state index contributed by atoms with van der Waals surface area (Å²) in [6.07, 6.45) is 8.80. The molecule has 0 radical (unpaired) electrons. The summed E-state index contributed by atoms with van der Waals surface area (Å²) in [4.78, 5) is 33.8. The molecule has 0 spiro atoms. The number of carbonyl (C=O) groups excluding carboxylic acids is 1. The summed E-state index contributed by atoms with van der Waals surface area (Å²) in [7, 11) is 0. The molecule has 6 rings (SSSR count). The molecule has 9 nitrogen and oxygen atoms in total. The van der Waals surface area contributed by atoms with Gasteiger partial charge in [-0.2, -0.15) is 5.10 Å². The molecular formula is C30H27FN8O. The van der Waals surface area contributed by atoms with Gasteiger partial charge in [-0.05, 0) is 47.7 Å². The molecule has 0 saturated carbocycles. The van der Waals surface area contributed by atoms with Crippen LogP contribution >= 0.6 is 0 Å². The first-order valence-corrected chi connectivity index (χ1v) is 12.8. The van der Waals surface area contributed by atoms with Crippen LogP contribution in [0.15, 0.2) is 61.3 Å². The van der Waals surface area contributed by atoms with Gasteiger partial charge >= 0.3 is 0 Å². The van der Waals surface area contributed by atoms with Gasteiger partial charge in [-0.25, -0.2) is 9.37 Å². The Kier molecular flexibility index (Phi) is 6.10. The highest BCUT2D eigenvalue weighted by molar-refractivity contribution is 5.97. The number of amides is 1. The van der Waals surface area contributed by atoms with E-state index in [1.54, 1.807) is 31.0 Å². The van der Waals surface area contributed by atoms with Crippen molar-refractivity contribution in [1.29, 1.82) is 0 Å². The molecule has 0 bridgehead atoms. The molecule has 200 valence electrons. The van der Waals surface area contributed by atoms with Crippen LogP contribution in [-0.4, -0.2) is 41.0 Å². The fraction of sp³-hybridized carbons (Fsp3) is 0.200. The molecule has 0 aliphatic heterocycles. The molecule has 0 aliphatic rings. The third-order valence-electron chi connectivity index (χ3n) is 6.43. The summed E-state index contributed by atoms with van der Waals surface area (Å²) < 4.78 is 14.2. The zero-order valence-electron chi connectivity index (χ0n) is 22.5. The lowest BCUT2D eigenvalue weighted by Crippen LogP contribution is -2.19. The van der Waals surface area contributed by atoms with Crippen molar-refractivity contribution in [3.05, 3.63) is 72.7 Å². The predicted molar refractivity (Wildman–Crippen MR) is 153 cm³/mol. The van der Waals surface area contributed by atoms with Crippen LogP contribution in [0, 0.1) is 18.2 Å². The molecule has 5 heterocycles. The van der Waals surface area contributed by atoms with E-state index in [4.69, 9.17) is 4.98 Å². The first-order valence-electron chi connectivity index (χ1n) is 12.8. The van der Waals surface area contributed by atoms with Gasteiger partial charge in [0.1, 0.15) is 11.5 Å². The lowest BCUT2D eigenvalue weighted by molar-refractivity contribution is -0.117. The number of H-pyrrole nitrogens is 2. The van der Waals surface area contributed by atoms with Crippen LogP contribution in [0.3, 0.4) is 0 Å². The molecule has 1 amide bonds. The van der Waals surface area contributed by atoms with Gasteiger partial charge in [-0.3, -0.25) is 24.8 Å². The van der Waals surface area contributed by atoms with Crippen LogP contribution in [0.4, 0.5) is 10.1 Å². The Hall–Kier alpha value is -4.99. The third-order valence-corrected chi connectivity index (χ3v) is 6.43. The van der Waals surface area contributed by atoms with Crippen LogP contribution in [0.25, 0.3) is 55.8 Å². The minimum atomic E-state index is -0.312. The average Bonchev–Trinajstić information content (AvgIpc) is 3.50. The average molecular weight is 535 g/mol. The second kappa shape index (κ2) is 9.64. The van der Waals surface area contributed by atoms with Crippen LogP contribution < -0.4 is 5.32 Å². The van der Waals surface area contributed by atoms with E-state index >= 15 is 0 Å². The highest BCUT2D eigenvalue weighted by Crippen LogP contribution is 2.33. The molecular weight excluding hydrogens is 507 g/mol. The van der Waals surface area contributed by atoms with Crippen molar-refractivity contribution in [2.75, 3.05) is 5.32 Å². The molecule has 0 saturated heterocycles. The Morgan fingerprint density at radius 1 is 0.950 bits per heavy atom. The number of hydrogen-bond acceptors (Lipinski definition) is 6. The number of fused-ring (bicyclic) bond motifs is 2. The van der Waals surface area contributed by atoms with Gasteiger partial charge in [0.2, 0.25) is 5.91 Å². The number of halogens is 1. The summed E-state index contributed by atoms with van der Waals surface area (Å²) in [6.45, 7) is 7.91. The highest BCUT2D eigenvalue weighted by atomic mass is 19.1. The standard InChI is InChI=1S/C30H27FN8O/c1-16-5-17(7-19(31)6-16)22-13-33-14-25-27(22)37-29(36-25)28-21-9-23(34-15-24(21)38-39-28)18-8-20(12-32-11-18)35-26(40)10-30(2,3)4/h5-9,11-15H,10H2,1-4H3,(H,35,40)(H,36,37)(H,38,39). The Morgan fingerprint density at radius 2 is 1.77 bits per heavy atom. The van der Waals surface area contributed by atoms with Gasteiger partial charge < -0.3 is 10.3 Å². The smallest absolute Gasteiger partial charge is 0.224 e. The van der Waals surface area contributed by atoms with E-state index < -0.39 is 0 Å². The summed E-state index contributed by atoms with van der Waals surface area (Å²) in [5, 5.41) is 11.3. The molecule has 6 aromatic rings. The maximum atomic E-state index is 14.2. The minimum Gasteiger partial charge on any atom is -0.335 e. The van der Waals surface area contributed by atoms with Crippen molar-refractivity contribution in [3.8, 4) is 33.9 Å². The largest absolute Gasteiger partial charge is 0.335 e. The first kappa shape index (κ1) is 25.3. The zero-order valence-corrected chi connectivity index (χ0v) is 22.5. The number of aryl methyl sites for hydroxylation is 1. The van der Waals surface area contributed by atoms with Gasteiger partial charge in [-0.1, -0.05) is 26.8 Å². The first-order chi connectivity index (χ1) is 19.1. The van der Waals surface area contributed by atoms with Crippen molar-refractivity contribution in [3.63, 3.8) is 0 Å². The summed E-state index contributed by atoms with van der Waals surface area (Å²) in [5.41, 5.74) is 6.87. The number of anilines is 1. The SMILES string of the molecule is Cc1cc(F)cc(-c2cncc3[nH]c(-c4n[nH]c5cnc(-c6cncc(NC(=O)CC(C)(C)C)c6)cc45)nc23)c1. The molecule has 0 aliphatic carbocycles. The molecule has 1 aromatic carbocycles. The normalized spacial score (nSPS) is 11.8. The Labute approximate surface area is 229 Å². The molecule has 10 heteroatoms. The molecule has 0 unspecified atom stereocenters. The van der Waals surface area contributed by atoms with E-state index in [0.29, 0.717) is 45.9 Å². The maximum Gasteiger partial charge on any atom is 0.224 e. The number of imidazole rings is 1. The number of aromatic amines is 2. The number of carbonyl (C=O) groups is 1. The third kappa shape index (κ3) is 5.03. The molecule has 0 atom stereocenters. The molecule has 0 fully saturated rings.